The summed E-state index contributed by atoms with van der Waals surface area (Å²) in [5.41, 5.74) is 2.83. The highest BCUT2D eigenvalue weighted by Gasteiger charge is 2.31. The Kier molecular flexibility index (Phi) is 7.57. The lowest BCUT2D eigenvalue weighted by molar-refractivity contribution is -0.384. The van der Waals surface area contributed by atoms with Crippen molar-refractivity contribution in [2.45, 2.75) is 12.5 Å². The maximum Gasteiger partial charge on any atom is 0.269 e. The normalized spacial score (nSPS) is 14.6. The van der Waals surface area contributed by atoms with Gasteiger partial charge in [-0.25, -0.2) is 0 Å². The topological polar surface area (TPSA) is 86.1 Å². The third-order valence-electron chi connectivity index (χ3n) is 5.83. The SMILES string of the molecule is COc1cc2c(cc1OC)C(COc1ccc([N+](=O)[O-])cc1)N(C(=S)Nc1ccccc1Cl)CC2. The fraction of sp³-hybridized carbons (Fsp3) is 0.240. The first kappa shape index (κ1) is 24.6. The average Bonchev–Trinajstić information content (AvgIpc) is 2.87. The molecule has 3 aromatic rings. The number of benzene rings is 3. The fourth-order valence-electron chi connectivity index (χ4n) is 4.04. The molecule has 0 bridgehead atoms. The largest absolute Gasteiger partial charge is 0.493 e. The molecule has 0 aliphatic carbocycles. The fourth-order valence-corrected chi connectivity index (χ4v) is 4.55. The number of nitrogens with zero attached hydrogens (tertiary/aromatic N) is 2. The summed E-state index contributed by atoms with van der Waals surface area (Å²) in [5.74, 6) is 1.79. The number of ether oxygens (including phenoxy) is 3. The number of hydrogen-bond acceptors (Lipinski definition) is 6. The number of anilines is 1. The first-order chi connectivity index (χ1) is 16.9. The van der Waals surface area contributed by atoms with Gasteiger partial charge in [-0.15, -0.1) is 0 Å². The van der Waals surface area contributed by atoms with Crippen LogP contribution >= 0.6 is 23.8 Å². The van der Waals surface area contributed by atoms with Crippen molar-refractivity contribution in [3.8, 4) is 17.2 Å². The van der Waals surface area contributed by atoms with Gasteiger partial charge in [0.25, 0.3) is 5.69 Å². The molecule has 0 aromatic heterocycles. The van der Waals surface area contributed by atoms with E-state index in [1.54, 1.807) is 32.4 Å². The average molecular weight is 514 g/mol. The van der Waals surface area contributed by atoms with Crippen LogP contribution in [0.5, 0.6) is 17.2 Å². The van der Waals surface area contributed by atoms with Gasteiger partial charge >= 0.3 is 0 Å². The van der Waals surface area contributed by atoms with Crippen molar-refractivity contribution in [2.24, 2.45) is 0 Å². The molecule has 1 atom stereocenters. The van der Waals surface area contributed by atoms with E-state index in [0.29, 0.717) is 39.6 Å². The minimum absolute atomic E-state index is 0.00365. The maximum absolute atomic E-state index is 11.0. The van der Waals surface area contributed by atoms with E-state index in [0.717, 1.165) is 17.5 Å². The number of nitrogens with one attached hydrogen (secondary N) is 1. The number of para-hydroxylation sites is 1. The first-order valence-corrected chi connectivity index (χ1v) is 11.6. The molecular formula is C25H24ClN3O5S. The van der Waals surface area contributed by atoms with Crippen LogP contribution in [-0.4, -0.2) is 42.3 Å². The molecule has 0 amide bonds. The van der Waals surface area contributed by atoms with Crippen molar-refractivity contribution in [1.82, 2.24) is 4.90 Å². The van der Waals surface area contributed by atoms with Crippen LogP contribution < -0.4 is 19.5 Å². The van der Waals surface area contributed by atoms with Crippen molar-refractivity contribution >= 4 is 40.3 Å². The van der Waals surface area contributed by atoms with Gasteiger partial charge in [-0.05, 0) is 66.2 Å². The zero-order valence-electron chi connectivity index (χ0n) is 19.2. The number of hydrogen-bond donors (Lipinski definition) is 1. The van der Waals surface area contributed by atoms with Gasteiger partial charge in [0, 0.05) is 18.7 Å². The van der Waals surface area contributed by atoms with Crippen molar-refractivity contribution < 1.29 is 19.1 Å². The van der Waals surface area contributed by atoms with Crippen molar-refractivity contribution in [2.75, 3.05) is 32.7 Å². The molecule has 1 heterocycles. The first-order valence-electron chi connectivity index (χ1n) is 10.9. The van der Waals surface area contributed by atoms with Crippen LogP contribution in [0.2, 0.25) is 5.02 Å². The molecular weight excluding hydrogens is 490 g/mol. The molecule has 1 aliphatic rings. The molecule has 10 heteroatoms. The molecule has 0 spiro atoms. The summed E-state index contributed by atoms with van der Waals surface area (Å²) in [6.07, 6.45) is 0.744. The lowest BCUT2D eigenvalue weighted by Crippen LogP contribution is -2.44. The second-order valence-corrected chi connectivity index (χ2v) is 8.63. The zero-order valence-corrected chi connectivity index (χ0v) is 20.8. The molecule has 0 fully saturated rings. The van der Waals surface area contributed by atoms with E-state index in [2.05, 4.69) is 10.2 Å². The summed E-state index contributed by atoms with van der Waals surface area (Å²) >= 11 is 12.1. The van der Waals surface area contributed by atoms with Gasteiger partial charge in [0.1, 0.15) is 12.4 Å². The highest BCUT2D eigenvalue weighted by atomic mass is 35.5. The monoisotopic (exact) mass is 513 g/mol. The highest BCUT2D eigenvalue weighted by Crippen LogP contribution is 2.39. The standard InChI is InChI=1S/C25H24ClN3O5S/c1-32-23-13-16-11-12-28(25(35)27-21-6-4-3-5-20(21)26)22(19(16)14-24(23)33-2)15-34-18-9-7-17(8-10-18)29(30)31/h3-10,13-14,22H,11-12,15H2,1-2H3,(H,27,35). The van der Waals surface area contributed by atoms with Crippen LogP contribution in [0.4, 0.5) is 11.4 Å². The molecule has 35 heavy (non-hydrogen) atoms. The third kappa shape index (κ3) is 5.41. The molecule has 4 rings (SSSR count). The Morgan fingerprint density at radius 3 is 2.49 bits per heavy atom. The Morgan fingerprint density at radius 2 is 1.83 bits per heavy atom. The molecule has 1 aliphatic heterocycles. The van der Waals surface area contributed by atoms with E-state index in [4.69, 9.17) is 38.0 Å². The second-order valence-electron chi connectivity index (χ2n) is 7.84. The number of nitro groups is 1. The van der Waals surface area contributed by atoms with Gasteiger partial charge in [-0.3, -0.25) is 10.1 Å². The van der Waals surface area contributed by atoms with Crippen molar-refractivity contribution in [3.63, 3.8) is 0 Å². The van der Waals surface area contributed by atoms with Crippen molar-refractivity contribution in [1.29, 1.82) is 0 Å². The van der Waals surface area contributed by atoms with Gasteiger partial charge in [0.05, 0.1) is 35.9 Å². The Morgan fingerprint density at radius 1 is 1.14 bits per heavy atom. The zero-order chi connectivity index (χ0) is 24.9. The van der Waals surface area contributed by atoms with Crippen molar-refractivity contribution in [3.05, 3.63) is 86.9 Å². The van der Waals surface area contributed by atoms with Crippen LogP contribution in [-0.2, 0) is 6.42 Å². The van der Waals surface area contributed by atoms with Gasteiger partial charge in [-0.1, -0.05) is 23.7 Å². The summed E-state index contributed by atoms with van der Waals surface area (Å²) in [4.78, 5) is 12.6. The number of halogens is 1. The molecule has 0 radical (unpaired) electrons. The van der Waals surface area contributed by atoms with E-state index in [9.17, 15) is 10.1 Å². The van der Waals surface area contributed by atoms with Crippen LogP contribution in [0.25, 0.3) is 0 Å². The minimum Gasteiger partial charge on any atom is -0.493 e. The highest BCUT2D eigenvalue weighted by molar-refractivity contribution is 7.80. The Bertz CT molecular complexity index is 1240. The summed E-state index contributed by atoms with van der Waals surface area (Å²) in [5, 5.41) is 15.3. The van der Waals surface area contributed by atoms with Crippen LogP contribution in [0, 0.1) is 10.1 Å². The number of thiocarbonyl (C=S) groups is 1. The van der Waals surface area contributed by atoms with Crippen LogP contribution in [0.15, 0.2) is 60.7 Å². The number of fused-ring (bicyclic) bond motifs is 1. The quantitative estimate of drug-likeness (QED) is 0.247. The molecule has 1 N–H and O–H groups in total. The lowest BCUT2D eigenvalue weighted by atomic mass is 9.92. The number of nitro benzene ring substituents is 1. The summed E-state index contributed by atoms with van der Waals surface area (Å²) < 4.78 is 17.1. The van der Waals surface area contributed by atoms with E-state index in [-0.39, 0.29) is 18.3 Å². The number of non-ortho nitro benzene ring substituents is 1. The molecule has 1 unspecified atom stereocenters. The minimum atomic E-state index is -0.443. The Labute approximate surface area is 213 Å². The van der Waals surface area contributed by atoms with Gasteiger partial charge < -0.3 is 24.4 Å². The second kappa shape index (κ2) is 10.8. The van der Waals surface area contributed by atoms with Gasteiger partial charge in [-0.2, -0.15) is 0 Å². The maximum atomic E-state index is 11.0. The van der Waals surface area contributed by atoms with Crippen LogP contribution in [0.1, 0.15) is 17.2 Å². The van der Waals surface area contributed by atoms with E-state index in [1.165, 1.54) is 12.1 Å². The van der Waals surface area contributed by atoms with Gasteiger partial charge in [0.2, 0.25) is 0 Å². The predicted octanol–water partition coefficient (Wildman–Crippen LogP) is 5.64. The Balaban J connectivity index is 1.64. The molecule has 0 saturated heterocycles. The Hall–Kier alpha value is -3.56. The number of methoxy groups -OCH3 is 2. The van der Waals surface area contributed by atoms with E-state index >= 15 is 0 Å². The summed E-state index contributed by atoms with van der Waals surface area (Å²) in [6, 6.07) is 17.1. The number of rotatable bonds is 7. The smallest absolute Gasteiger partial charge is 0.269 e. The molecule has 3 aromatic carbocycles. The molecule has 0 saturated carbocycles. The third-order valence-corrected chi connectivity index (χ3v) is 6.50. The molecule has 182 valence electrons. The van der Waals surface area contributed by atoms with Gasteiger partial charge in [0.15, 0.2) is 16.6 Å². The van der Waals surface area contributed by atoms with Crippen LogP contribution in [0.3, 0.4) is 0 Å². The van der Waals surface area contributed by atoms with E-state index < -0.39 is 4.92 Å². The van der Waals surface area contributed by atoms with E-state index in [1.807, 2.05) is 30.3 Å². The summed E-state index contributed by atoms with van der Waals surface area (Å²) in [7, 11) is 3.20. The molecule has 8 nitrogen and oxygen atoms in total. The summed E-state index contributed by atoms with van der Waals surface area (Å²) in [6.45, 7) is 0.900. The predicted molar refractivity (Wildman–Crippen MR) is 139 cm³/mol. The lowest BCUT2D eigenvalue weighted by Gasteiger charge is -2.39.